The van der Waals surface area contributed by atoms with Crippen molar-refractivity contribution < 1.29 is 4.79 Å². The molecule has 0 spiro atoms. The lowest BCUT2D eigenvalue weighted by Crippen LogP contribution is -2.45. The molecule has 0 bridgehead atoms. The standard InChI is InChI=1S/C17H26N4O/c1-4-14(22)21-9-5-6-12(10-21)20-13-7-8-18-16-15(13)17(2,3)11-19-16/h7-8,12H,4-6,9-11H2,1-3H3,(H2,18,19,20). The van der Waals surface area contributed by atoms with Crippen LogP contribution in [0.15, 0.2) is 12.3 Å². The van der Waals surface area contributed by atoms with Gasteiger partial charge < -0.3 is 15.5 Å². The predicted molar refractivity (Wildman–Crippen MR) is 89.3 cm³/mol. The molecule has 3 heterocycles. The van der Waals surface area contributed by atoms with Crippen LogP contribution in [0.3, 0.4) is 0 Å². The highest BCUT2D eigenvalue weighted by Crippen LogP contribution is 2.40. The van der Waals surface area contributed by atoms with Crippen molar-refractivity contribution in [1.82, 2.24) is 9.88 Å². The molecule has 5 heteroatoms. The van der Waals surface area contributed by atoms with Crippen LogP contribution in [0.2, 0.25) is 0 Å². The molecule has 0 aromatic carbocycles. The average molecular weight is 302 g/mol. The summed E-state index contributed by atoms with van der Waals surface area (Å²) in [5.41, 5.74) is 2.52. The van der Waals surface area contributed by atoms with Crippen LogP contribution < -0.4 is 10.6 Å². The zero-order valence-corrected chi connectivity index (χ0v) is 13.8. The summed E-state index contributed by atoms with van der Waals surface area (Å²) in [6, 6.07) is 2.39. The van der Waals surface area contributed by atoms with E-state index in [0.29, 0.717) is 12.5 Å². The molecule has 1 fully saturated rings. The monoisotopic (exact) mass is 302 g/mol. The van der Waals surface area contributed by atoms with Crippen molar-refractivity contribution in [2.45, 2.75) is 51.5 Å². The van der Waals surface area contributed by atoms with Crippen LogP contribution >= 0.6 is 0 Å². The van der Waals surface area contributed by atoms with Crippen molar-refractivity contribution in [1.29, 1.82) is 0 Å². The Labute approximate surface area is 132 Å². The Morgan fingerprint density at radius 2 is 2.36 bits per heavy atom. The van der Waals surface area contributed by atoms with Crippen LogP contribution in [0.25, 0.3) is 0 Å². The molecule has 5 nitrogen and oxygen atoms in total. The lowest BCUT2D eigenvalue weighted by molar-refractivity contribution is -0.131. The summed E-state index contributed by atoms with van der Waals surface area (Å²) < 4.78 is 0. The molecule has 22 heavy (non-hydrogen) atoms. The molecular weight excluding hydrogens is 276 g/mol. The van der Waals surface area contributed by atoms with Gasteiger partial charge in [-0.2, -0.15) is 0 Å². The van der Waals surface area contributed by atoms with Gasteiger partial charge in [-0.15, -0.1) is 0 Å². The number of carbonyl (C=O) groups excluding carboxylic acids is 1. The summed E-state index contributed by atoms with van der Waals surface area (Å²) in [6.07, 6.45) is 4.62. The Hall–Kier alpha value is -1.78. The maximum Gasteiger partial charge on any atom is 0.222 e. The Morgan fingerprint density at radius 3 is 3.14 bits per heavy atom. The van der Waals surface area contributed by atoms with E-state index < -0.39 is 0 Å². The third-order valence-electron chi connectivity index (χ3n) is 4.76. The number of nitrogens with one attached hydrogen (secondary N) is 2. The zero-order chi connectivity index (χ0) is 15.7. The fourth-order valence-electron chi connectivity index (χ4n) is 3.56. The molecule has 3 rings (SSSR count). The lowest BCUT2D eigenvalue weighted by atomic mass is 9.86. The van der Waals surface area contributed by atoms with E-state index in [9.17, 15) is 4.79 Å². The van der Waals surface area contributed by atoms with Gasteiger partial charge in [0.2, 0.25) is 5.91 Å². The summed E-state index contributed by atoms with van der Waals surface area (Å²) in [5.74, 6) is 1.25. The van der Waals surface area contributed by atoms with E-state index >= 15 is 0 Å². The number of rotatable bonds is 3. The van der Waals surface area contributed by atoms with Crippen LogP contribution in [-0.4, -0.2) is 41.5 Å². The minimum absolute atomic E-state index is 0.0829. The first-order valence-electron chi connectivity index (χ1n) is 8.29. The summed E-state index contributed by atoms with van der Waals surface area (Å²) in [6.45, 7) is 9.03. The van der Waals surface area contributed by atoms with Crippen LogP contribution in [0.4, 0.5) is 11.5 Å². The van der Waals surface area contributed by atoms with E-state index in [1.54, 1.807) is 0 Å². The van der Waals surface area contributed by atoms with Gasteiger partial charge in [0.05, 0.1) is 0 Å². The Balaban J connectivity index is 1.77. The second-order valence-corrected chi connectivity index (χ2v) is 7.00. The minimum atomic E-state index is 0.0829. The largest absolute Gasteiger partial charge is 0.380 e. The van der Waals surface area contributed by atoms with E-state index in [1.807, 2.05) is 18.0 Å². The number of amides is 1. The Kier molecular flexibility index (Phi) is 3.98. The summed E-state index contributed by atoms with van der Waals surface area (Å²) in [5, 5.41) is 7.06. The predicted octanol–water partition coefficient (Wildman–Crippen LogP) is 2.60. The van der Waals surface area contributed by atoms with Crippen molar-refractivity contribution in [3.8, 4) is 0 Å². The normalized spacial score (nSPS) is 22.9. The number of hydrogen-bond donors (Lipinski definition) is 2. The minimum Gasteiger partial charge on any atom is -0.380 e. The van der Waals surface area contributed by atoms with E-state index in [0.717, 1.165) is 44.0 Å². The fourth-order valence-corrected chi connectivity index (χ4v) is 3.56. The molecule has 1 amide bonds. The molecule has 2 aliphatic heterocycles. The lowest BCUT2D eigenvalue weighted by Gasteiger charge is -2.34. The fraction of sp³-hybridized carbons (Fsp3) is 0.647. The third kappa shape index (κ3) is 2.76. The topological polar surface area (TPSA) is 57.3 Å². The van der Waals surface area contributed by atoms with Gasteiger partial charge in [-0.1, -0.05) is 20.8 Å². The second kappa shape index (κ2) is 5.78. The summed E-state index contributed by atoms with van der Waals surface area (Å²) in [4.78, 5) is 18.4. The number of carbonyl (C=O) groups is 1. The molecular formula is C17H26N4O. The van der Waals surface area contributed by atoms with Crippen molar-refractivity contribution in [3.05, 3.63) is 17.8 Å². The molecule has 0 saturated carbocycles. The number of aromatic nitrogens is 1. The highest BCUT2D eigenvalue weighted by atomic mass is 16.2. The molecule has 0 aliphatic carbocycles. The molecule has 1 atom stereocenters. The van der Waals surface area contributed by atoms with Crippen LogP contribution in [0.1, 0.15) is 45.6 Å². The van der Waals surface area contributed by atoms with Gasteiger partial charge >= 0.3 is 0 Å². The first-order chi connectivity index (χ1) is 10.5. The van der Waals surface area contributed by atoms with E-state index in [4.69, 9.17) is 0 Å². The van der Waals surface area contributed by atoms with Crippen LogP contribution in [0, 0.1) is 0 Å². The summed E-state index contributed by atoms with van der Waals surface area (Å²) in [7, 11) is 0. The molecule has 0 radical (unpaired) electrons. The van der Waals surface area contributed by atoms with Crippen molar-refractivity contribution in [2.24, 2.45) is 0 Å². The Morgan fingerprint density at radius 1 is 1.55 bits per heavy atom. The quantitative estimate of drug-likeness (QED) is 0.901. The molecule has 1 unspecified atom stereocenters. The molecule has 1 aromatic heterocycles. The molecule has 120 valence electrons. The second-order valence-electron chi connectivity index (χ2n) is 7.00. The van der Waals surface area contributed by atoms with Crippen molar-refractivity contribution in [2.75, 3.05) is 30.3 Å². The molecule has 1 aromatic rings. The maximum absolute atomic E-state index is 11.9. The Bertz CT molecular complexity index is 570. The number of likely N-dealkylation sites (tertiary alicyclic amines) is 1. The number of hydrogen-bond acceptors (Lipinski definition) is 4. The van der Waals surface area contributed by atoms with E-state index in [2.05, 4.69) is 35.5 Å². The number of nitrogens with zero attached hydrogens (tertiary/aromatic N) is 2. The highest BCUT2D eigenvalue weighted by Gasteiger charge is 2.34. The van der Waals surface area contributed by atoms with E-state index in [1.165, 1.54) is 5.56 Å². The van der Waals surface area contributed by atoms with Gasteiger partial charge in [-0.25, -0.2) is 4.98 Å². The average Bonchev–Trinajstić information content (AvgIpc) is 2.83. The highest BCUT2D eigenvalue weighted by molar-refractivity contribution is 5.76. The number of piperidine rings is 1. The van der Waals surface area contributed by atoms with Crippen molar-refractivity contribution in [3.63, 3.8) is 0 Å². The molecule has 2 aliphatic rings. The summed E-state index contributed by atoms with van der Waals surface area (Å²) >= 11 is 0. The van der Waals surface area contributed by atoms with Crippen molar-refractivity contribution >= 4 is 17.4 Å². The maximum atomic E-state index is 11.9. The van der Waals surface area contributed by atoms with Gasteiger partial charge in [-0.05, 0) is 18.9 Å². The van der Waals surface area contributed by atoms with Crippen LogP contribution in [0.5, 0.6) is 0 Å². The van der Waals surface area contributed by atoms with Gasteiger partial charge in [0, 0.05) is 55.0 Å². The van der Waals surface area contributed by atoms with Crippen LogP contribution in [-0.2, 0) is 10.2 Å². The third-order valence-corrected chi connectivity index (χ3v) is 4.76. The number of pyridine rings is 1. The number of anilines is 2. The SMILES string of the molecule is CCC(=O)N1CCCC(Nc2ccnc3c2C(C)(C)CN3)C1. The van der Waals surface area contributed by atoms with Gasteiger partial charge in [0.15, 0.2) is 0 Å². The van der Waals surface area contributed by atoms with Gasteiger partial charge in [0.1, 0.15) is 5.82 Å². The van der Waals surface area contributed by atoms with Gasteiger partial charge in [0.25, 0.3) is 0 Å². The first-order valence-corrected chi connectivity index (χ1v) is 8.29. The molecule has 1 saturated heterocycles. The van der Waals surface area contributed by atoms with Gasteiger partial charge in [-0.3, -0.25) is 4.79 Å². The first kappa shape index (κ1) is 15.1. The zero-order valence-electron chi connectivity index (χ0n) is 13.8. The van der Waals surface area contributed by atoms with E-state index in [-0.39, 0.29) is 11.3 Å². The molecule has 2 N–H and O–H groups in total. The number of fused-ring (bicyclic) bond motifs is 1. The smallest absolute Gasteiger partial charge is 0.222 e.